The third kappa shape index (κ3) is 1.60. The van der Waals surface area contributed by atoms with E-state index in [9.17, 15) is 14.7 Å². The van der Waals surface area contributed by atoms with E-state index < -0.39 is 22.8 Å². The average molecular weight is 312 g/mol. The Bertz CT molecular complexity index is 868. The molecule has 1 N–H and O–H groups in total. The van der Waals surface area contributed by atoms with Crippen LogP contribution in [0.25, 0.3) is 5.76 Å². The number of hydrogen-bond donors (Lipinski definition) is 1. The van der Waals surface area contributed by atoms with Gasteiger partial charge in [-0.2, -0.15) is 0 Å². The first-order chi connectivity index (χ1) is 10.6. The van der Waals surface area contributed by atoms with Crippen LogP contribution in [0.1, 0.15) is 54.7 Å². The van der Waals surface area contributed by atoms with Crippen LogP contribution in [0.2, 0.25) is 0 Å². The molecule has 2 heterocycles. The lowest BCUT2D eigenvalue weighted by Gasteiger charge is -2.30. The van der Waals surface area contributed by atoms with E-state index >= 15 is 0 Å². The topological polar surface area (TPSA) is 72.8 Å². The zero-order chi connectivity index (χ0) is 16.7. The maximum absolute atomic E-state index is 12.7. The van der Waals surface area contributed by atoms with Crippen molar-refractivity contribution >= 4 is 17.3 Å². The van der Waals surface area contributed by atoms with Gasteiger partial charge in [-0.05, 0) is 39.8 Å². The first kappa shape index (κ1) is 14.2. The van der Waals surface area contributed by atoms with E-state index in [2.05, 4.69) is 0 Å². The minimum atomic E-state index is -1.39. The number of aliphatic hydroxyl groups is 1. The van der Waals surface area contributed by atoms with Gasteiger partial charge in [0.2, 0.25) is 11.6 Å². The van der Waals surface area contributed by atoms with E-state index in [0.717, 1.165) is 5.56 Å². The number of fused-ring (bicyclic) bond motifs is 2. The molecule has 118 valence electrons. The number of carbonyl (C=O) groups is 2. The second-order valence-corrected chi connectivity index (χ2v) is 6.84. The highest BCUT2D eigenvalue weighted by molar-refractivity contribution is 6.52. The number of Topliss-reactive ketones (excluding diaryl/α,β-unsaturated/α-hetero) is 2. The standard InChI is InChI=1S/C18H16O5/c1-8-14(19)15(20)12-11-9(17(2,3)23-16(8)11)7-10-13(12)18(4,21)5-6-22-10/h5-7,21H,1-4H3. The predicted molar refractivity (Wildman–Crippen MR) is 81.8 cm³/mol. The molecule has 0 saturated heterocycles. The van der Waals surface area contributed by atoms with Crippen LogP contribution in [0, 0.1) is 0 Å². The van der Waals surface area contributed by atoms with Gasteiger partial charge >= 0.3 is 0 Å². The zero-order valence-corrected chi connectivity index (χ0v) is 13.3. The smallest absolute Gasteiger partial charge is 0.234 e. The Labute approximate surface area is 133 Å². The Balaban J connectivity index is 2.20. The van der Waals surface area contributed by atoms with Crippen molar-refractivity contribution in [2.24, 2.45) is 0 Å². The highest BCUT2D eigenvalue weighted by Gasteiger charge is 2.48. The second-order valence-electron chi connectivity index (χ2n) is 6.84. The zero-order valence-electron chi connectivity index (χ0n) is 13.3. The number of ketones is 2. The van der Waals surface area contributed by atoms with Gasteiger partial charge in [0.25, 0.3) is 0 Å². The molecule has 3 aliphatic rings. The fraction of sp³-hybridized carbons (Fsp3) is 0.333. The molecule has 0 aromatic heterocycles. The molecule has 0 amide bonds. The second kappa shape index (κ2) is 3.92. The minimum Gasteiger partial charge on any atom is -0.482 e. The first-order valence-corrected chi connectivity index (χ1v) is 7.43. The Morgan fingerprint density at radius 2 is 1.78 bits per heavy atom. The molecule has 1 unspecified atom stereocenters. The first-order valence-electron chi connectivity index (χ1n) is 7.43. The van der Waals surface area contributed by atoms with Crippen LogP contribution in [-0.4, -0.2) is 16.7 Å². The van der Waals surface area contributed by atoms with E-state index in [1.807, 2.05) is 13.8 Å². The molecule has 4 rings (SSSR count). The summed E-state index contributed by atoms with van der Waals surface area (Å²) in [5.41, 5.74) is 0.142. The van der Waals surface area contributed by atoms with Crippen LogP contribution in [0.15, 0.2) is 24.0 Å². The molecular formula is C18H16O5. The summed E-state index contributed by atoms with van der Waals surface area (Å²) in [5.74, 6) is -0.419. The van der Waals surface area contributed by atoms with E-state index in [1.54, 1.807) is 19.9 Å². The fourth-order valence-electron chi connectivity index (χ4n) is 3.53. The Kier molecular flexibility index (Phi) is 2.42. The van der Waals surface area contributed by atoms with Gasteiger partial charge in [0.1, 0.15) is 22.7 Å². The monoisotopic (exact) mass is 312 g/mol. The van der Waals surface area contributed by atoms with Crippen molar-refractivity contribution in [3.05, 3.63) is 46.2 Å². The van der Waals surface area contributed by atoms with Crippen LogP contribution in [0.5, 0.6) is 5.75 Å². The third-order valence-electron chi connectivity index (χ3n) is 4.73. The van der Waals surface area contributed by atoms with Gasteiger partial charge in [-0.1, -0.05) is 0 Å². The maximum Gasteiger partial charge on any atom is 0.234 e. The van der Waals surface area contributed by atoms with Crippen molar-refractivity contribution in [3.63, 3.8) is 0 Å². The van der Waals surface area contributed by atoms with E-state index in [1.165, 1.54) is 12.3 Å². The molecule has 5 nitrogen and oxygen atoms in total. The van der Waals surface area contributed by atoms with Gasteiger partial charge in [-0.25, -0.2) is 0 Å². The lowest BCUT2D eigenvalue weighted by Crippen LogP contribution is -2.31. The molecule has 0 bridgehead atoms. The van der Waals surface area contributed by atoms with Crippen molar-refractivity contribution in [1.82, 2.24) is 0 Å². The molecule has 2 aliphatic heterocycles. The maximum atomic E-state index is 12.7. The number of carbonyl (C=O) groups excluding carboxylic acids is 2. The summed E-state index contributed by atoms with van der Waals surface area (Å²) >= 11 is 0. The molecule has 0 fully saturated rings. The molecule has 0 spiro atoms. The molecule has 1 atom stereocenters. The molecule has 1 aliphatic carbocycles. The normalized spacial score (nSPS) is 26.7. The Morgan fingerprint density at radius 1 is 1.09 bits per heavy atom. The largest absolute Gasteiger partial charge is 0.482 e. The van der Waals surface area contributed by atoms with Crippen LogP contribution in [0.4, 0.5) is 0 Å². The number of rotatable bonds is 0. The number of allylic oxidation sites excluding steroid dienone is 1. The molecule has 0 saturated carbocycles. The quantitative estimate of drug-likeness (QED) is 0.745. The van der Waals surface area contributed by atoms with Gasteiger partial charge in [0.05, 0.1) is 6.26 Å². The molecular weight excluding hydrogens is 296 g/mol. The van der Waals surface area contributed by atoms with Crippen molar-refractivity contribution in [2.45, 2.75) is 38.9 Å². The summed E-state index contributed by atoms with van der Waals surface area (Å²) in [6, 6.07) is 1.79. The molecule has 5 heteroatoms. The summed E-state index contributed by atoms with van der Waals surface area (Å²) in [7, 11) is 0. The van der Waals surface area contributed by atoms with E-state index in [4.69, 9.17) is 9.47 Å². The highest BCUT2D eigenvalue weighted by atomic mass is 16.5. The number of ether oxygens (including phenoxy) is 2. The SMILES string of the molecule is CC1=C2OC(C)(C)c3cc4c(c(c32)C(=O)C1=O)C(C)(O)C=CO4. The van der Waals surface area contributed by atoms with Crippen LogP contribution >= 0.6 is 0 Å². The summed E-state index contributed by atoms with van der Waals surface area (Å²) in [6.07, 6.45) is 2.85. The van der Waals surface area contributed by atoms with Gasteiger partial charge in [0.15, 0.2) is 0 Å². The van der Waals surface area contributed by atoms with Gasteiger partial charge in [-0.15, -0.1) is 0 Å². The van der Waals surface area contributed by atoms with Gasteiger partial charge in [0, 0.05) is 27.8 Å². The molecule has 0 radical (unpaired) electrons. The summed E-state index contributed by atoms with van der Waals surface area (Å²) < 4.78 is 11.5. The Hall–Kier alpha value is -2.40. The molecule has 23 heavy (non-hydrogen) atoms. The third-order valence-corrected chi connectivity index (χ3v) is 4.73. The number of hydrogen-bond acceptors (Lipinski definition) is 5. The molecule has 1 aromatic rings. The lowest BCUT2D eigenvalue weighted by molar-refractivity contribution is -0.112. The lowest BCUT2D eigenvalue weighted by atomic mass is 9.77. The van der Waals surface area contributed by atoms with E-state index in [0.29, 0.717) is 28.2 Å². The minimum absolute atomic E-state index is 0.197. The van der Waals surface area contributed by atoms with Gasteiger partial charge < -0.3 is 14.6 Å². The van der Waals surface area contributed by atoms with E-state index in [-0.39, 0.29) is 5.56 Å². The van der Waals surface area contributed by atoms with Crippen LogP contribution < -0.4 is 4.74 Å². The van der Waals surface area contributed by atoms with Crippen LogP contribution in [0.3, 0.4) is 0 Å². The summed E-state index contributed by atoms with van der Waals surface area (Å²) in [6.45, 7) is 6.91. The average Bonchev–Trinajstić information content (AvgIpc) is 2.73. The Morgan fingerprint density at radius 3 is 2.48 bits per heavy atom. The van der Waals surface area contributed by atoms with Crippen molar-refractivity contribution in [1.29, 1.82) is 0 Å². The number of benzene rings is 1. The highest BCUT2D eigenvalue weighted by Crippen LogP contribution is 2.53. The van der Waals surface area contributed by atoms with Crippen LogP contribution in [-0.2, 0) is 20.7 Å². The van der Waals surface area contributed by atoms with Crippen molar-refractivity contribution in [3.8, 4) is 5.75 Å². The molecule has 1 aromatic carbocycles. The summed E-state index contributed by atoms with van der Waals surface area (Å²) in [4.78, 5) is 25.1. The fourth-order valence-corrected chi connectivity index (χ4v) is 3.53. The van der Waals surface area contributed by atoms with Gasteiger partial charge in [-0.3, -0.25) is 9.59 Å². The van der Waals surface area contributed by atoms with Crippen molar-refractivity contribution in [2.75, 3.05) is 0 Å². The predicted octanol–water partition coefficient (Wildman–Crippen LogP) is 2.56. The van der Waals surface area contributed by atoms with Crippen molar-refractivity contribution < 1.29 is 24.2 Å². The summed E-state index contributed by atoms with van der Waals surface area (Å²) in [5, 5.41) is 10.7.